The highest BCUT2D eigenvalue weighted by Crippen LogP contribution is 2.30. The summed E-state index contributed by atoms with van der Waals surface area (Å²) in [6.07, 6.45) is 8.38. The minimum absolute atomic E-state index is 0.487. The van der Waals surface area contributed by atoms with Gasteiger partial charge in [0.05, 0.1) is 11.3 Å². The molecule has 1 aliphatic carbocycles. The van der Waals surface area contributed by atoms with Crippen molar-refractivity contribution in [3.8, 4) is 11.5 Å². The number of hydrogen-bond acceptors (Lipinski definition) is 6. The van der Waals surface area contributed by atoms with Crippen molar-refractivity contribution in [3.05, 3.63) is 24.2 Å². The second kappa shape index (κ2) is 6.26. The van der Waals surface area contributed by atoms with Gasteiger partial charge in [-0.05, 0) is 25.0 Å². The SMILES string of the molecule is Nc1ccc(-c2nc(CSC3CCCCC3)no2)cn1. The molecule has 0 saturated heterocycles. The van der Waals surface area contributed by atoms with Crippen LogP contribution in [0, 0.1) is 0 Å². The Labute approximate surface area is 122 Å². The summed E-state index contributed by atoms with van der Waals surface area (Å²) in [5.74, 6) is 2.57. The van der Waals surface area contributed by atoms with E-state index in [4.69, 9.17) is 10.3 Å². The van der Waals surface area contributed by atoms with Gasteiger partial charge in [0.15, 0.2) is 5.82 Å². The molecular formula is C14H18N4OS. The minimum atomic E-state index is 0.487. The molecule has 6 heteroatoms. The van der Waals surface area contributed by atoms with Crippen molar-refractivity contribution in [2.24, 2.45) is 0 Å². The molecule has 1 fully saturated rings. The third-order valence-electron chi connectivity index (χ3n) is 3.50. The smallest absolute Gasteiger partial charge is 0.259 e. The molecule has 5 nitrogen and oxygen atoms in total. The molecular weight excluding hydrogens is 272 g/mol. The Morgan fingerprint density at radius 1 is 1.25 bits per heavy atom. The van der Waals surface area contributed by atoms with Crippen LogP contribution < -0.4 is 5.73 Å². The van der Waals surface area contributed by atoms with Crippen LogP contribution in [0.2, 0.25) is 0 Å². The number of hydrogen-bond donors (Lipinski definition) is 1. The first-order valence-electron chi connectivity index (χ1n) is 6.97. The van der Waals surface area contributed by atoms with Gasteiger partial charge in [-0.1, -0.05) is 24.4 Å². The lowest BCUT2D eigenvalue weighted by Gasteiger charge is -2.19. The van der Waals surface area contributed by atoms with Gasteiger partial charge in [0.1, 0.15) is 5.82 Å². The average molecular weight is 290 g/mol. The summed E-state index contributed by atoms with van der Waals surface area (Å²) in [7, 11) is 0. The first-order chi connectivity index (χ1) is 9.81. The van der Waals surface area contributed by atoms with E-state index in [1.807, 2.05) is 17.8 Å². The molecule has 1 saturated carbocycles. The predicted octanol–water partition coefficient (Wildman–Crippen LogP) is 3.28. The maximum atomic E-state index is 5.56. The highest BCUT2D eigenvalue weighted by Gasteiger charge is 2.16. The van der Waals surface area contributed by atoms with E-state index in [9.17, 15) is 0 Å². The predicted molar refractivity (Wildman–Crippen MR) is 80.1 cm³/mol. The average Bonchev–Trinajstić information content (AvgIpc) is 2.96. The Bertz CT molecular complexity index is 549. The number of aromatic nitrogens is 3. The lowest BCUT2D eigenvalue weighted by Crippen LogP contribution is -2.08. The molecule has 0 spiro atoms. The van der Waals surface area contributed by atoms with Crippen molar-refractivity contribution in [2.75, 3.05) is 5.73 Å². The summed E-state index contributed by atoms with van der Waals surface area (Å²) >= 11 is 1.94. The first kappa shape index (κ1) is 13.4. The van der Waals surface area contributed by atoms with Gasteiger partial charge in [-0.2, -0.15) is 16.7 Å². The van der Waals surface area contributed by atoms with Crippen molar-refractivity contribution in [1.29, 1.82) is 0 Å². The monoisotopic (exact) mass is 290 g/mol. The standard InChI is InChI=1S/C14H18N4OS/c15-12-7-6-10(8-16-12)14-17-13(18-19-14)9-20-11-4-2-1-3-5-11/h6-8,11H,1-5,9H2,(H2,15,16). The Kier molecular flexibility index (Phi) is 4.20. The molecule has 2 aromatic heterocycles. The van der Waals surface area contributed by atoms with Crippen LogP contribution in [0.5, 0.6) is 0 Å². The second-order valence-corrected chi connectivity index (χ2v) is 6.35. The number of thioether (sulfide) groups is 1. The number of nitrogen functional groups attached to an aromatic ring is 1. The fourth-order valence-corrected chi connectivity index (χ4v) is 3.55. The van der Waals surface area contributed by atoms with Gasteiger partial charge >= 0.3 is 0 Å². The largest absolute Gasteiger partial charge is 0.384 e. The van der Waals surface area contributed by atoms with Gasteiger partial charge in [-0.3, -0.25) is 0 Å². The molecule has 0 unspecified atom stereocenters. The Morgan fingerprint density at radius 3 is 2.85 bits per heavy atom. The Balaban J connectivity index is 1.60. The van der Waals surface area contributed by atoms with Gasteiger partial charge in [-0.25, -0.2) is 4.98 Å². The number of nitrogens with two attached hydrogens (primary N) is 1. The Morgan fingerprint density at radius 2 is 2.10 bits per heavy atom. The van der Waals surface area contributed by atoms with Crippen LogP contribution in [0.1, 0.15) is 37.9 Å². The number of nitrogens with zero attached hydrogens (tertiary/aromatic N) is 3. The van der Waals surface area contributed by atoms with Crippen LogP contribution in [0.4, 0.5) is 5.82 Å². The van der Waals surface area contributed by atoms with E-state index >= 15 is 0 Å². The van der Waals surface area contributed by atoms with Gasteiger partial charge in [0.25, 0.3) is 5.89 Å². The summed E-state index contributed by atoms with van der Waals surface area (Å²) in [5.41, 5.74) is 6.37. The molecule has 2 heterocycles. The molecule has 0 amide bonds. The van der Waals surface area contributed by atoms with Crippen molar-refractivity contribution in [1.82, 2.24) is 15.1 Å². The van der Waals surface area contributed by atoms with E-state index in [1.165, 1.54) is 32.1 Å². The van der Waals surface area contributed by atoms with Crippen LogP contribution in [0.3, 0.4) is 0 Å². The quantitative estimate of drug-likeness (QED) is 0.931. The van der Waals surface area contributed by atoms with Crippen LogP contribution in [-0.2, 0) is 5.75 Å². The highest BCUT2D eigenvalue weighted by molar-refractivity contribution is 7.99. The van der Waals surface area contributed by atoms with E-state index in [0.29, 0.717) is 11.7 Å². The fourth-order valence-electron chi connectivity index (χ4n) is 2.39. The topological polar surface area (TPSA) is 77.8 Å². The Hall–Kier alpha value is -1.56. The van der Waals surface area contributed by atoms with E-state index in [2.05, 4.69) is 15.1 Å². The molecule has 20 heavy (non-hydrogen) atoms. The summed E-state index contributed by atoms with van der Waals surface area (Å²) in [5, 5.41) is 4.79. The fraction of sp³-hybridized carbons (Fsp3) is 0.500. The second-order valence-electron chi connectivity index (χ2n) is 5.06. The van der Waals surface area contributed by atoms with Crippen molar-refractivity contribution >= 4 is 17.6 Å². The van der Waals surface area contributed by atoms with Gasteiger partial charge in [-0.15, -0.1) is 0 Å². The molecule has 2 N–H and O–H groups in total. The summed E-state index contributed by atoms with van der Waals surface area (Å²) in [6, 6.07) is 3.57. The zero-order chi connectivity index (χ0) is 13.8. The zero-order valence-electron chi connectivity index (χ0n) is 11.3. The van der Waals surface area contributed by atoms with Gasteiger partial charge in [0, 0.05) is 11.4 Å². The number of pyridine rings is 1. The van der Waals surface area contributed by atoms with Gasteiger partial charge < -0.3 is 10.3 Å². The first-order valence-corrected chi connectivity index (χ1v) is 8.02. The van der Waals surface area contributed by atoms with Crippen LogP contribution in [0.25, 0.3) is 11.5 Å². The van der Waals surface area contributed by atoms with Crippen molar-refractivity contribution < 1.29 is 4.52 Å². The highest BCUT2D eigenvalue weighted by atomic mass is 32.2. The molecule has 1 aliphatic rings. The molecule has 3 rings (SSSR count). The van der Waals surface area contributed by atoms with Gasteiger partial charge in [0.2, 0.25) is 0 Å². The summed E-state index contributed by atoms with van der Waals surface area (Å²) in [4.78, 5) is 8.44. The molecule has 0 bridgehead atoms. The lowest BCUT2D eigenvalue weighted by molar-refractivity contribution is 0.425. The molecule has 0 atom stereocenters. The number of rotatable bonds is 4. The van der Waals surface area contributed by atoms with Crippen molar-refractivity contribution in [2.45, 2.75) is 43.1 Å². The van der Waals surface area contributed by atoms with E-state index in [-0.39, 0.29) is 0 Å². The molecule has 0 radical (unpaired) electrons. The summed E-state index contributed by atoms with van der Waals surface area (Å²) < 4.78 is 5.28. The summed E-state index contributed by atoms with van der Waals surface area (Å²) in [6.45, 7) is 0. The molecule has 106 valence electrons. The van der Waals surface area contributed by atoms with E-state index in [0.717, 1.165) is 22.4 Å². The molecule has 0 aromatic carbocycles. The van der Waals surface area contributed by atoms with Crippen LogP contribution in [0.15, 0.2) is 22.9 Å². The van der Waals surface area contributed by atoms with Crippen LogP contribution in [-0.4, -0.2) is 20.4 Å². The normalized spacial score (nSPS) is 16.4. The maximum absolute atomic E-state index is 5.56. The lowest BCUT2D eigenvalue weighted by atomic mass is 10.0. The molecule has 0 aliphatic heterocycles. The number of anilines is 1. The van der Waals surface area contributed by atoms with Crippen molar-refractivity contribution in [3.63, 3.8) is 0 Å². The zero-order valence-corrected chi connectivity index (χ0v) is 12.1. The third kappa shape index (κ3) is 3.30. The van der Waals surface area contributed by atoms with Crippen LogP contribution >= 0.6 is 11.8 Å². The minimum Gasteiger partial charge on any atom is -0.384 e. The third-order valence-corrected chi connectivity index (χ3v) is 4.87. The molecule has 2 aromatic rings. The maximum Gasteiger partial charge on any atom is 0.259 e. The van der Waals surface area contributed by atoms with E-state index < -0.39 is 0 Å². The van der Waals surface area contributed by atoms with E-state index in [1.54, 1.807) is 12.3 Å².